The highest BCUT2D eigenvalue weighted by Gasteiger charge is 2.26. The second kappa shape index (κ2) is 7.97. The first kappa shape index (κ1) is 17.3. The largest absolute Gasteiger partial charge is 0.369 e. The number of urea groups is 1. The minimum Gasteiger partial charge on any atom is -0.369 e. The summed E-state index contributed by atoms with van der Waals surface area (Å²) in [6.07, 6.45) is 0. The van der Waals surface area contributed by atoms with Gasteiger partial charge in [0, 0.05) is 37.9 Å². The number of rotatable bonds is 4. The van der Waals surface area contributed by atoms with Crippen molar-refractivity contribution in [3.05, 3.63) is 30.3 Å². The third-order valence-corrected chi connectivity index (χ3v) is 4.02. The number of anilines is 1. The number of nitrogens with zero attached hydrogens (tertiary/aromatic N) is 2. The van der Waals surface area contributed by atoms with Crippen LogP contribution in [0, 0.1) is 0 Å². The second-order valence-corrected chi connectivity index (χ2v) is 6.15. The van der Waals surface area contributed by atoms with E-state index in [1.54, 1.807) is 0 Å². The van der Waals surface area contributed by atoms with E-state index < -0.39 is 6.03 Å². The summed E-state index contributed by atoms with van der Waals surface area (Å²) < 4.78 is 0. The number of carbonyl (C=O) groups excluding carboxylic acids is 2. The molecule has 1 aliphatic rings. The van der Waals surface area contributed by atoms with E-state index in [2.05, 4.69) is 32.6 Å². The van der Waals surface area contributed by atoms with E-state index in [4.69, 9.17) is 0 Å². The standard InChI is InChI=1S/C17H26N4O2/c1-13(2)18-17(23)19-16(22)14(3)20-9-11-21(12-10-20)15-7-5-4-6-8-15/h4-8,13-14H,9-12H2,1-3H3,(H2,18,19,22,23)/t14-/m1/s1. The van der Waals surface area contributed by atoms with Gasteiger partial charge in [0.2, 0.25) is 5.91 Å². The average Bonchev–Trinajstić information content (AvgIpc) is 2.54. The Labute approximate surface area is 137 Å². The van der Waals surface area contributed by atoms with Crippen molar-refractivity contribution in [1.82, 2.24) is 15.5 Å². The van der Waals surface area contributed by atoms with Crippen LogP contribution in [0.3, 0.4) is 0 Å². The number of amides is 3. The molecule has 1 heterocycles. The number of para-hydroxylation sites is 1. The molecule has 3 amide bonds. The molecule has 23 heavy (non-hydrogen) atoms. The minimum absolute atomic E-state index is 0.00697. The Hall–Kier alpha value is -2.08. The van der Waals surface area contributed by atoms with Gasteiger partial charge in [0.05, 0.1) is 6.04 Å². The highest BCUT2D eigenvalue weighted by atomic mass is 16.2. The SMILES string of the molecule is CC(C)NC(=O)NC(=O)[C@@H](C)N1CCN(c2ccccc2)CC1. The van der Waals surface area contributed by atoms with Gasteiger partial charge in [-0.25, -0.2) is 4.79 Å². The highest BCUT2D eigenvalue weighted by molar-refractivity contribution is 5.96. The zero-order valence-corrected chi connectivity index (χ0v) is 14.1. The van der Waals surface area contributed by atoms with Crippen molar-refractivity contribution in [2.24, 2.45) is 0 Å². The molecule has 1 atom stereocenters. The molecule has 6 heteroatoms. The van der Waals surface area contributed by atoms with E-state index in [1.807, 2.05) is 39.0 Å². The predicted octanol–water partition coefficient (Wildman–Crippen LogP) is 1.43. The van der Waals surface area contributed by atoms with Crippen LogP contribution >= 0.6 is 0 Å². The number of imide groups is 1. The normalized spacial score (nSPS) is 17.0. The molecule has 126 valence electrons. The Morgan fingerprint density at radius 3 is 2.17 bits per heavy atom. The fourth-order valence-electron chi connectivity index (χ4n) is 2.69. The molecule has 0 unspecified atom stereocenters. The fraction of sp³-hybridized carbons (Fsp3) is 0.529. The molecule has 1 aromatic rings. The van der Waals surface area contributed by atoms with Gasteiger partial charge in [-0.15, -0.1) is 0 Å². The Balaban J connectivity index is 1.82. The molecule has 0 aromatic heterocycles. The van der Waals surface area contributed by atoms with Gasteiger partial charge in [0.15, 0.2) is 0 Å². The van der Waals surface area contributed by atoms with Crippen molar-refractivity contribution in [3.8, 4) is 0 Å². The van der Waals surface area contributed by atoms with Gasteiger partial charge in [-0.3, -0.25) is 15.0 Å². The van der Waals surface area contributed by atoms with Gasteiger partial charge in [-0.2, -0.15) is 0 Å². The first-order valence-electron chi connectivity index (χ1n) is 8.13. The van der Waals surface area contributed by atoms with Crippen LogP contribution in [0.25, 0.3) is 0 Å². The quantitative estimate of drug-likeness (QED) is 0.881. The van der Waals surface area contributed by atoms with Crippen molar-refractivity contribution >= 4 is 17.6 Å². The van der Waals surface area contributed by atoms with Gasteiger partial charge < -0.3 is 10.2 Å². The molecule has 1 fully saturated rings. The molecule has 0 bridgehead atoms. The zero-order valence-electron chi connectivity index (χ0n) is 14.1. The maximum Gasteiger partial charge on any atom is 0.321 e. The Morgan fingerprint density at radius 1 is 1.00 bits per heavy atom. The molecule has 0 aliphatic carbocycles. The van der Waals surface area contributed by atoms with E-state index in [1.165, 1.54) is 5.69 Å². The van der Waals surface area contributed by atoms with Gasteiger partial charge in [0.1, 0.15) is 0 Å². The van der Waals surface area contributed by atoms with Gasteiger partial charge in [0.25, 0.3) is 0 Å². The van der Waals surface area contributed by atoms with E-state index in [-0.39, 0.29) is 18.0 Å². The third kappa shape index (κ3) is 4.96. The van der Waals surface area contributed by atoms with E-state index in [9.17, 15) is 9.59 Å². The molecule has 1 aromatic carbocycles. The molecular weight excluding hydrogens is 292 g/mol. The fourth-order valence-corrected chi connectivity index (χ4v) is 2.69. The van der Waals surface area contributed by atoms with E-state index in [0.717, 1.165) is 26.2 Å². The molecule has 0 radical (unpaired) electrons. The summed E-state index contributed by atoms with van der Waals surface area (Å²) in [5, 5.41) is 5.07. The smallest absolute Gasteiger partial charge is 0.321 e. The van der Waals surface area contributed by atoms with Crippen LogP contribution in [0.1, 0.15) is 20.8 Å². The van der Waals surface area contributed by atoms with Crippen LogP contribution in [0.2, 0.25) is 0 Å². The summed E-state index contributed by atoms with van der Waals surface area (Å²) in [5.74, 6) is -0.253. The Bertz CT molecular complexity index is 525. The summed E-state index contributed by atoms with van der Waals surface area (Å²) >= 11 is 0. The van der Waals surface area contributed by atoms with Crippen LogP contribution in [0.4, 0.5) is 10.5 Å². The minimum atomic E-state index is -0.431. The number of benzene rings is 1. The molecule has 1 aliphatic heterocycles. The van der Waals surface area contributed by atoms with Gasteiger partial charge >= 0.3 is 6.03 Å². The van der Waals surface area contributed by atoms with Crippen molar-refractivity contribution < 1.29 is 9.59 Å². The lowest BCUT2D eigenvalue weighted by Gasteiger charge is -2.38. The molecule has 0 spiro atoms. The maximum absolute atomic E-state index is 12.2. The van der Waals surface area contributed by atoms with Crippen LogP contribution in [0.5, 0.6) is 0 Å². The summed E-state index contributed by atoms with van der Waals surface area (Å²) in [4.78, 5) is 28.2. The van der Waals surface area contributed by atoms with Crippen LogP contribution in [-0.4, -0.2) is 55.1 Å². The molecule has 6 nitrogen and oxygen atoms in total. The van der Waals surface area contributed by atoms with Crippen LogP contribution < -0.4 is 15.5 Å². The first-order chi connectivity index (χ1) is 11.0. The molecular formula is C17H26N4O2. The summed E-state index contributed by atoms with van der Waals surface area (Å²) in [6, 6.07) is 9.53. The van der Waals surface area contributed by atoms with Crippen LogP contribution in [-0.2, 0) is 4.79 Å². The lowest BCUT2D eigenvalue weighted by Crippen LogP contribution is -2.55. The lowest BCUT2D eigenvalue weighted by atomic mass is 10.2. The molecule has 0 saturated carbocycles. The molecule has 2 rings (SSSR count). The second-order valence-electron chi connectivity index (χ2n) is 6.15. The maximum atomic E-state index is 12.2. The van der Waals surface area contributed by atoms with Crippen molar-refractivity contribution in [1.29, 1.82) is 0 Å². The monoisotopic (exact) mass is 318 g/mol. The van der Waals surface area contributed by atoms with Crippen molar-refractivity contribution in [2.45, 2.75) is 32.9 Å². The summed E-state index contributed by atoms with van der Waals surface area (Å²) in [5.41, 5.74) is 1.21. The van der Waals surface area contributed by atoms with Crippen LogP contribution in [0.15, 0.2) is 30.3 Å². The van der Waals surface area contributed by atoms with Gasteiger partial charge in [-0.05, 0) is 32.9 Å². The summed E-state index contributed by atoms with van der Waals surface area (Å²) in [7, 11) is 0. The van der Waals surface area contributed by atoms with E-state index in [0.29, 0.717) is 0 Å². The van der Waals surface area contributed by atoms with E-state index >= 15 is 0 Å². The predicted molar refractivity (Wildman–Crippen MR) is 91.5 cm³/mol. The third-order valence-electron chi connectivity index (χ3n) is 4.02. The Morgan fingerprint density at radius 2 is 1.61 bits per heavy atom. The molecule has 2 N–H and O–H groups in total. The summed E-state index contributed by atoms with van der Waals surface area (Å²) in [6.45, 7) is 8.91. The number of hydrogen-bond acceptors (Lipinski definition) is 4. The first-order valence-corrected chi connectivity index (χ1v) is 8.13. The van der Waals surface area contributed by atoms with Crippen molar-refractivity contribution in [3.63, 3.8) is 0 Å². The average molecular weight is 318 g/mol. The zero-order chi connectivity index (χ0) is 16.8. The number of carbonyl (C=O) groups is 2. The van der Waals surface area contributed by atoms with Crippen molar-refractivity contribution in [2.75, 3.05) is 31.1 Å². The topological polar surface area (TPSA) is 64.7 Å². The molecule has 1 saturated heterocycles. The number of piperazine rings is 1. The Kier molecular flexibility index (Phi) is 5.98. The number of nitrogens with one attached hydrogen (secondary N) is 2. The highest BCUT2D eigenvalue weighted by Crippen LogP contribution is 2.16. The lowest BCUT2D eigenvalue weighted by molar-refractivity contribution is -0.124. The number of hydrogen-bond donors (Lipinski definition) is 2. The van der Waals surface area contributed by atoms with Gasteiger partial charge in [-0.1, -0.05) is 18.2 Å².